The highest BCUT2D eigenvalue weighted by Crippen LogP contribution is 2.37. The van der Waals surface area contributed by atoms with Crippen LogP contribution in [-0.2, 0) is 5.75 Å². The Balaban J connectivity index is 1.73. The number of imidazole rings is 1. The van der Waals surface area contributed by atoms with E-state index < -0.39 is 5.97 Å². The van der Waals surface area contributed by atoms with Gasteiger partial charge >= 0.3 is 5.97 Å². The van der Waals surface area contributed by atoms with E-state index >= 15 is 0 Å². The van der Waals surface area contributed by atoms with Gasteiger partial charge in [-0.1, -0.05) is 11.6 Å². The van der Waals surface area contributed by atoms with Crippen LogP contribution in [0.25, 0.3) is 0 Å². The molecule has 1 aromatic carbocycles. The van der Waals surface area contributed by atoms with E-state index in [1.165, 1.54) is 18.5 Å². The fourth-order valence-electron chi connectivity index (χ4n) is 2.04. The molecule has 0 unspecified atom stereocenters. The van der Waals surface area contributed by atoms with Gasteiger partial charge in [-0.15, -0.1) is 11.8 Å². The highest BCUT2D eigenvalue weighted by Gasteiger charge is 2.25. The molecule has 1 saturated carbocycles. The van der Waals surface area contributed by atoms with Crippen molar-refractivity contribution >= 4 is 29.3 Å². The molecule has 0 aliphatic heterocycles. The van der Waals surface area contributed by atoms with E-state index in [9.17, 15) is 4.79 Å². The molecule has 0 spiro atoms. The van der Waals surface area contributed by atoms with Crippen molar-refractivity contribution in [1.82, 2.24) is 9.55 Å². The third kappa shape index (κ3) is 2.83. The van der Waals surface area contributed by atoms with Crippen LogP contribution in [-0.4, -0.2) is 20.6 Å². The van der Waals surface area contributed by atoms with Crippen LogP contribution in [0.5, 0.6) is 0 Å². The third-order valence-electron chi connectivity index (χ3n) is 3.24. The van der Waals surface area contributed by atoms with E-state index in [0.29, 0.717) is 6.04 Å². The predicted octanol–water partition coefficient (Wildman–Crippen LogP) is 3.86. The molecule has 2 aromatic rings. The third-order valence-corrected chi connectivity index (χ3v) is 4.60. The second-order valence-corrected chi connectivity index (χ2v) is 6.21. The van der Waals surface area contributed by atoms with Crippen molar-refractivity contribution in [3.05, 3.63) is 47.0 Å². The normalized spacial score (nSPS) is 14.4. The van der Waals surface area contributed by atoms with E-state index in [0.717, 1.165) is 10.6 Å². The van der Waals surface area contributed by atoms with Crippen molar-refractivity contribution in [3.8, 4) is 0 Å². The minimum absolute atomic E-state index is 0.146. The number of thioether (sulfide) groups is 1. The molecule has 20 heavy (non-hydrogen) atoms. The summed E-state index contributed by atoms with van der Waals surface area (Å²) in [5.41, 5.74) is 1.32. The molecular weight excluding hydrogens is 296 g/mol. The minimum atomic E-state index is -1.000. The topological polar surface area (TPSA) is 55.1 Å². The molecule has 6 heteroatoms. The van der Waals surface area contributed by atoms with Crippen molar-refractivity contribution in [2.75, 3.05) is 0 Å². The highest BCUT2D eigenvalue weighted by atomic mass is 35.5. The first kappa shape index (κ1) is 13.5. The van der Waals surface area contributed by atoms with Gasteiger partial charge in [0.2, 0.25) is 0 Å². The minimum Gasteiger partial charge on any atom is -0.478 e. The molecule has 1 aliphatic rings. The number of hydrogen-bond acceptors (Lipinski definition) is 3. The van der Waals surface area contributed by atoms with Gasteiger partial charge in [0.1, 0.15) is 0 Å². The average molecular weight is 309 g/mol. The number of aromatic nitrogens is 2. The summed E-state index contributed by atoms with van der Waals surface area (Å²) in [7, 11) is 0. The summed E-state index contributed by atoms with van der Waals surface area (Å²) in [6.07, 6.45) is 6.19. The van der Waals surface area contributed by atoms with Crippen LogP contribution in [0, 0.1) is 0 Å². The lowest BCUT2D eigenvalue weighted by atomic mass is 10.2. The number of benzene rings is 1. The lowest BCUT2D eigenvalue weighted by Crippen LogP contribution is -1.98. The largest absolute Gasteiger partial charge is 0.478 e. The van der Waals surface area contributed by atoms with Gasteiger partial charge in [-0.25, -0.2) is 9.78 Å². The van der Waals surface area contributed by atoms with Crippen LogP contribution >= 0.6 is 23.4 Å². The Morgan fingerprint density at radius 1 is 1.50 bits per heavy atom. The van der Waals surface area contributed by atoms with Crippen LogP contribution in [0.15, 0.2) is 35.6 Å². The summed E-state index contributed by atoms with van der Waals surface area (Å²) < 4.78 is 2.21. The van der Waals surface area contributed by atoms with Crippen LogP contribution in [0.2, 0.25) is 5.02 Å². The van der Waals surface area contributed by atoms with Crippen molar-refractivity contribution in [3.63, 3.8) is 0 Å². The Morgan fingerprint density at radius 2 is 2.30 bits per heavy atom. The zero-order valence-corrected chi connectivity index (χ0v) is 12.2. The van der Waals surface area contributed by atoms with Crippen LogP contribution < -0.4 is 0 Å². The Bertz CT molecular complexity index is 652. The summed E-state index contributed by atoms with van der Waals surface area (Å²) in [5, 5.41) is 9.33. The Labute approximate surface area is 125 Å². The van der Waals surface area contributed by atoms with Gasteiger partial charge in [-0.2, -0.15) is 0 Å². The molecule has 0 amide bonds. The molecule has 0 atom stereocenters. The number of carboxylic acid groups (broad SMARTS) is 1. The maximum absolute atomic E-state index is 11.1. The first-order valence-electron chi connectivity index (χ1n) is 6.31. The molecule has 104 valence electrons. The van der Waals surface area contributed by atoms with E-state index in [-0.39, 0.29) is 10.6 Å². The van der Waals surface area contributed by atoms with Crippen molar-refractivity contribution in [1.29, 1.82) is 0 Å². The van der Waals surface area contributed by atoms with Crippen LogP contribution in [0.3, 0.4) is 0 Å². The fourth-order valence-corrected chi connectivity index (χ4v) is 3.14. The molecule has 1 fully saturated rings. The first-order chi connectivity index (χ1) is 9.65. The summed E-state index contributed by atoms with van der Waals surface area (Å²) in [5.74, 6) is -0.225. The number of carboxylic acids is 1. The fraction of sp³-hybridized carbons (Fsp3) is 0.286. The average Bonchev–Trinajstić information content (AvgIpc) is 3.16. The van der Waals surface area contributed by atoms with Crippen molar-refractivity contribution in [2.24, 2.45) is 0 Å². The molecule has 0 saturated heterocycles. The molecule has 4 nitrogen and oxygen atoms in total. The Kier molecular flexibility index (Phi) is 3.72. The first-order valence-corrected chi connectivity index (χ1v) is 7.68. The number of halogens is 1. The molecule has 1 aromatic heterocycles. The lowest BCUT2D eigenvalue weighted by Gasteiger charge is -2.07. The second-order valence-electron chi connectivity index (χ2n) is 4.76. The van der Waals surface area contributed by atoms with E-state index in [2.05, 4.69) is 9.55 Å². The van der Waals surface area contributed by atoms with Gasteiger partial charge in [-0.05, 0) is 31.0 Å². The zero-order valence-electron chi connectivity index (χ0n) is 10.6. The van der Waals surface area contributed by atoms with Gasteiger partial charge in [0.25, 0.3) is 0 Å². The standard InChI is InChI=1S/C14H13ClN2O2S/c15-13-4-3-11(5-12(13)14(18)19)20-7-10-6-16-8-17(10)9-1-2-9/h3-6,8-9H,1-2,7H2,(H,18,19). The quantitative estimate of drug-likeness (QED) is 0.852. The SMILES string of the molecule is O=C(O)c1cc(SCc2cncn2C2CC2)ccc1Cl. The second kappa shape index (κ2) is 5.50. The van der Waals surface area contributed by atoms with E-state index in [1.807, 2.05) is 18.6 Å². The molecule has 3 rings (SSSR count). The monoisotopic (exact) mass is 308 g/mol. The zero-order chi connectivity index (χ0) is 14.1. The van der Waals surface area contributed by atoms with Gasteiger partial charge in [-0.3, -0.25) is 0 Å². The Hall–Kier alpha value is -1.46. The maximum atomic E-state index is 11.1. The Morgan fingerprint density at radius 3 is 3.00 bits per heavy atom. The van der Waals surface area contributed by atoms with Crippen LogP contribution in [0.1, 0.15) is 34.9 Å². The lowest BCUT2D eigenvalue weighted by molar-refractivity contribution is 0.0697. The number of aromatic carboxylic acids is 1. The summed E-state index contributed by atoms with van der Waals surface area (Å²) in [6, 6.07) is 5.70. The van der Waals surface area contributed by atoms with E-state index in [1.54, 1.807) is 23.9 Å². The van der Waals surface area contributed by atoms with Gasteiger partial charge in [0, 0.05) is 28.6 Å². The van der Waals surface area contributed by atoms with Gasteiger partial charge in [0.05, 0.1) is 16.9 Å². The summed E-state index contributed by atoms with van der Waals surface area (Å²) >= 11 is 7.46. The number of hydrogen-bond donors (Lipinski definition) is 1. The number of nitrogens with zero attached hydrogens (tertiary/aromatic N) is 2. The van der Waals surface area contributed by atoms with Gasteiger partial charge in [0.15, 0.2) is 0 Å². The molecule has 1 N–H and O–H groups in total. The number of rotatable bonds is 5. The van der Waals surface area contributed by atoms with Crippen molar-refractivity contribution in [2.45, 2.75) is 29.5 Å². The maximum Gasteiger partial charge on any atom is 0.337 e. The molecule has 1 heterocycles. The molecule has 0 bridgehead atoms. The van der Waals surface area contributed by atoms with E-state index in [4.69, 9.17) is 16.7 Å². The molecular formula is C14H13ClN2O2S. The molecule has 1 aliphatic carbocycles. The van der Waals surface area contributed by atoms with Gasteiger partial charge < -0.3 is 9.67 Å². The van der Waals surface area contributed by atoms with Crippen molar-refractivity contribution < 1.29 is 9.90 Å². The predicted molar refractivity (Wildman–Crippen MR) is 78.5 cm³/mol. The smallest absolute Gasteiger partial charge is 0.337 e. The summed E-state index contributed by atoms with van der Waals surface area (Å²) in [4.78, 5) is 16.1. The summed E-state index contributed by atoms with van der Waals surface area (Å²) in [6.45, 7) is 0. The molecule has 0 radical (unpaired) electrons. The highest BCUT2D eigenvalue weighted by molar-refractivity contribution is 7.98. The van der Waals surface area contributed by atoms with Crippen LogP contribution in [0.4, 0.5) is 0 Å². The number of carbonyl (C=O) groups is 1.